The molecule has 0 unspecified atom stereocenters. The molecule has 2 nitrogen and oxygen atoms in total. The van der Waals surface area contributed by atoms with Crippen molar-refractivity contribution in [2.45, 2.75) is 20.3 Å². The summed E-state index contributed by atoms with van der Waals surface area (Å²) < 4.78 is 0. The molecule has 0 saturated heterocycles. The van der Waals surface area contributed by atoms with E-state index in [0.29, 0.717) is 0 Å². The van der Waals surface area contributed by atoms with Gasteiger partial charge in [-0.15, -0.1) is 0 Å². The van der Waals surface area contributed by atoms with Crippen LogP contribution in [0.2, 0.25) is 0 Å². The van der Waals surface area contributed by atoms with Crippen molar-refractivity contribution >= 4 is 0 Å². The van der Waals surface area contributed by atoms with Gasteiger partial charge in [0.1, 0.15) is 0 Å². The maximum Gasteiger partial charge on any atom is 0.00147 e. The minimum Gasteiger partial charge on any atom is -0.330 e. The summed E-state index contributed by atoms with van der Waals surface area (Å²) in [6, 6.07) is 10.5. The van der Waals surface area contributed by atoms with Crippen LogP contribution in [0.4, 0.5) is 0 Å². The standard InChI is InChI=1S/C13H22N2/c1-13(2,10-14)11-15-9-8-12-6-4-3-5-7-12/h3-7,15H,8-11,14H2,1-2H3. The van der Waals surface area contributed by atoms with Gasteiger partial charge in [0.05, 0.1) is 0 Å². The molecule has 0 atom stereocenters. The summed E-state index contributed by atoms with van der Waals surface area (Å²) in [5.74, 6) is 0. The van der Waals surface area contributed by atoms with Gasteiger partial charge in [-0.25, -0.2) is 0 Å². The van der Waals surface area contributed by atoms with Gasteiger partial charge in [0.25, 0.3) is 0 Å². The Kier molecular flexibility index (Phi) is 4.79. The smallest absolute Gasteiger partial charge is 0.00147 e. The van der Waals surface area contributed by atoms with Gasteiger partial charge in [-0.05, 0) is 30.5 Å². The molecule has 0 aliphatic rings. The molecule has 1 aromatic carbocycles. The van der Waals surface area contributed by atoms with Crippen LogP contribution in [-0.2, 0) is 6.42 Å². The third-order valence-corrected chi connectivity index (χ3v) is 2.59. The van der Waals surface area contributed by atoms with E-state index in [1.54, 1.807) is 0 Å². The summed E-state index contributed by atoms with van der Waals surface area (Å²) >= 11 is 0. The quantitative estimate of drug-likeness (QED) is 0.697. The van der Waals surface area contributed by atoms with Gasteiger partial charge in [-0.2, -0.15) is 0 Å². The molecule has 2 heteroatoms. The number of nitrogens with two attached hydrogens (primary N) is 1. The highest BCUT2D eigenvalue weighted by atomic mass is 14.9. The molecule has 0 saturated carbocycles. The Balaban J connectivity index is 2.18. The SMILES string of the molecule is CC(C)(CN)CNCCc1ccccc1. The molecule has 0 radical (unpaired) electrons. The Morgan fingerprint density at radius 3 is 2.47 bits per heavy atom. The Bertz CT molecular complexity index is 267. The van der Waals surface area contributed by atoms with Crippen molar-refractivity contribution in [1.82, 2.24) is 5.32 Å². The zero-order valence-corrected chi connectivity index (χ0v) is 9.79. The van der Waals surface area contributed by atoms with Crippen molar-refractivity contribution in [3.63, 3.8) is 0 Å². The Labute approximate surface area is 92.9 Å². The van der Waals surface area contributed by atoms with Crippen LogP contribution in [0, 0.1) is 5.41 Å². The molecule has 0 amide bonds. The molecule has 0 heterocycles. The molecule has 0 fully saturated rings. The highest BCUT2D eigenvalue weighted by molar-refractivity contribution is 5.14. The minimum atomic E-state index is 0.205. The van der Waals surface area contributed by atoms with Gasteiger partial charge in [0.2, 0.25) is 0 Å². The lowest BCUT2D eigenvalue weighted by Gasteiger charge is -2.22. The van der Waals surface area contributed by atoms with Gasteiger partial charge in [0.15, 0.2) is 0 Å². The number of benzene rings is 1. The lowest BCUT2D eigenvalue weighted by atomic mass is 9.94. The van der Waals surface area contributed by atoms with Crippen molar-refractivity contribution < 1.29 is 0 Å². The van der Waals surface area contributed by atoms with Crippen molar-refractivity contribution in [1.29, 1.82) is 0 Å². The van der Waals surface area contributed by atoms with Crippen LogP contribution < -0.4 is 11.1 Å². The van der Waals surface area contributed by atoms with Gasteiger partial charge in [-0.3, -0.25) is 0 Å². The summed E-state index contributed by atoms with van der Waals surface area (Å²) in [5, 5.41) is 3.45. The average Bonchev–Trinajstić information content (AvgIpc) is 2.26. The van der Waals surface area contributed by atoms with E-state index in [0.717, 1.165) is 26.1 Å². The minimum absolute atomic E-state index is 0.205. The maximum atomic E-state index is 5.66. The van der Waals surface area contributed by atoms with Crippen molar-refractivity contribution in [3.8, 4) is 0 Å². The number of hydrogen-bond acceptors (Lipinski definition) is 2. The van der Waals surface area contributed by atoms with Crippen LogP contribution in [0.5, 0.6) is 0 Å². The van der Waals surface area contributed by atoms with Crippen molar-refractivity contribution in [2.24, 2.45) is 11.1 Å². The molecule has 84 valence electrons. The molecule has 15 heavy (non-hydrogen) atoms. The predicted molar refractivity (Wildman–Crippen MR) is 65.9 cm³/mol. The van der Waals surface area contributed by atoms with E-state index < -0.39 is 0 Å². The highest BCUT2D eigenvalue weighted by Gasteiger charge is 2.13. The summed E-state index contributed by atoms with van der Waals surface area (Å²) in [4.78, 5) is 0. The fourth-order valence-corrected chi connectivity index (χ4v) is 1.38. The van der Waals surface area contributed by atoms with Gasteiger partial charge >= 0.3 is 0 Å². The van der Waals surface area contributed by atoms with E-state index in [2.05, 4.69) is 49.5 Å². The fourth-order valence-electron chi connectivity index (χ4n) is 1.38. The summed E-state index contributed by atoms with van der Waals surface area (Å²) in [6.07, 6.45) is 1.08. The topological polar surface area (TPSA) is 38.0 Å². The fraction of sp³-hybridized carbons (Fsp3) is 0.538. The van der Waals surface area contributed by atoms with Gasteiger partial charge in [-0.1, -0.05) is 44.2 Å². The molecular formula is C13H22N2. The van der Waals surface area contributed by atoms with E-state index in [9.17, 15) is 0 Å². The largest absolute Gasteiger partial charge is 0.330 e. The average molecular weight is 206 g/mol. The second kappa shape index (κ2) is 5.89. The number of hydrogen-bond donors (Lipinski definition) is 2. The number of rotatable bonds is 6. The zero-order chi connectivity index (χ0) is 11.1. The monoisotopic (exact) mass is 206 g/mol. The third-order valence-electron chi connectivity index (χ3n) is 2.59. The van der Waals surface area contributed by atoms with E-state index in [-0.39, 0.29) is 5.41 Å². The summed E-state index contributed by atoms with van der Waals surface area (Å²) in [7, 11) is 0. The van der Waals surface area contributed by atoms with E-state index >= 15 is 0 Å². The molecule has 1 rings (SSSR count). The lowest BCUT2D eigenvalue weighted by Crippen LogP contribution is -2.36. The summed E-state index contributed by atoms with van der Waals surface area (Å²) in [6.45, 7) is 7.10. The second-order valence-electron chi connectivity index (χ2n) is 4.78. The van der Waals surface area contributed by atoms with Crippen LogP contribution in [0.1, 0.15) is 19.4 Å². The first-order valence-corrected chi connectivity index (χ1v) is 5.59. The Morgan fingerprint density at radius 2 is 1.87 bits per heavy atom. The van der Waals surface area contributed by atoms with Crippen LogP contribution in [0.15, 0.2) is 30.3 Å². The van der Waals surface area contributed by atoms with Crippen LogP contribution in [0.3, 0.4) is 0 Å². The lowest BCUT2D eigenvalue weighted by molar-refractivity contribution is 0.353. The van der Waals surface area contributed by atoms with Crippen LogP contribution in [0.25, 0.3) is 0 Å². The zero-order valence-electron chi connectivity index (χ0n) is 9.79. The molecule has 0 bridgehead atoms. The Morgan fingerprint density at radius 1 is 1.20 bits per heavy atom. The van der Waals surface area contributed by atoms with Crippen molar-refractivity contribution in [3.05, 3.63) is 35.9 Å². The first kappa shape index (κ1) is 12.2. The van der Waals surface area contributed by atoms with E-state index in [1.807, 2.05) is 0 Å². The molecule has 1 aromatic rings. The van der Waals surface area contributed by atoms with Crippen molar-refractivity contribution in [2.75, 3.05) is 19.6 Å². The Hall–Kier alpha value is -0.860. The van der Waals surface area contributed by atoms with Gasteiger partial charge in [0, 0.05) is 6.54 Å². The van der Waals surface area contributed by atoms with Crippen LogP contribution in [-0.4, -0.2) is 19.6 Å². The second-order valence-corrected chi connectivity index (χ2v) is 4.78. The summed E-state index contributed by atoms with van der Waals surface area (Å²) in [5.41, 5.74) is 7.25. The first-order chi connectivity index (χ1) is 7.14. The molecular weight excluding hydrogens is 184 g/mol. The maximum absolute atomic E-state index is 5.66. The molecule has 0 spiro atoms. The predicted octanol–water partition coefficient (Wildman–Crippen LogP) is 1.80. The molecule has 0 aliphatic carbocycles. The molecule has 3 N–H and O–H groups in total. The van der Waals surface area contributed by atoms with E-state index in [4.69, 9.17) is 5.73 Å². The van der Waals surface area contributed by atoms with Crippen LogP contribution >= 0.6 is 0 Å². The van der Waals surface area contributed by atoms with E-state index in [1.165, 1.54) is 5.56 Å². The molecule has 0 aromatic heterocycles. The van der Waals surface area contributed by atoms with Gasteiger partial charge < -0.3 is 11.1 Å². The molecule has 0 aliphatic heterocycles. The normalized spacial score (nSPS) is 11.7. The first-order valence-electron chi connectivity index (χ1n) is 5.59. The highest BCUT2D eigenvalue weighted by Crippen LogP contribution is 2.09. The number of nitrogens with one attached hydrogen (secondary N) is 1. The third kappa shape index (κ3) is 4.96.